The summed E-state index contributed by atoms with van der Waals surface area (Å²) in [7, 11) is 0. The van der Waals surface area contributed by atoms with Crippen LogP contribution in [0.2, 0.25) is 5.02 Å². The Morgan fingerprint density at radius 1 is 1.05 bits per heavy atom. The summed E-state index contributed by atoms with van der Waals surface area (Å²) in [5, 5.41) is 0.380. The van der Waals surface area contributed by atoms with Crippen LogP contribution < -0.4 is 5.73 Å². The lowest BCUT2D eigenvalue weighted by Crippen LogP contribution is -2.15. The van der Waals surface area contributed by atoms with Gasteiger partial charge < -0.3 is 5.73 Å². The molecule has 20 heavy (non-hydrogen) atoms. The largest absolute Gasteiger partial charge is 0.416 e. The van der Waals surface area contributed by atoms with Crippen LogP contribution in [0, 0.1) is 5.82 Å². The first-order chi connectivity index (χ1) is 9.29. The zero-order valence-electron chi connectivity index (χ0n) is 10.1. The molecule has 0 heterocycles. The van der Waals surface area contributed by atoms with Crippen molar-refractivity contribution >= 4 is 11.6 Å². The monoisotopic (exact) mass is 303 g/mol. The van der Waals surface area contributed by atoms with Gasteiger partial charge in [0.05, 0.1) is 11.6 Å². The van der Waals surface area contributed by atoms with Gasteiger partial charge in [0.1, 0.15) is 5.82 Å². The first-order valence-electron chi connectivity index (χ1n) is 5.66. The van der Waals surface area contributed by atoms with Crippen LogP contribution in [0.25, 0.3) is 0 Å². The zero-order valence-corrected chi connectivity index (χ0v) is 10.8. The van der Waals surface area contributed by atoms with Crippen LogP contribution in [0.4, 0.5) is 17.6 Å². The van der Waals surface area contributed by atoms with E-state index in [4.69, 9.17) is 17.3 Å². The summed E-state index contributed by atoms with van der Waals surface area (Å²) >= 11 is 5.79. The molecule has 0 aliphatic rings. The molecule has 0 amide bonds. The second-order valence-electron chi connectivity index (χ2n) is 4.27. The van der Waals surface area contributed by atoms with E-state index in [0.29, 0.717) is 16.7 Å². The van der Waals surface area contributed by atoms with E-state index in [1.165, 1.54) is 6.07 Å². The van der Waals surface area contributed by atoms with Crippen LogP contribution in [0.3, 0.4) is 0 Å². The summed E-state index contributed by atoms with van der Waals surface area (Å²) in [6.07, 6.45) is -4.55. The minimum absolute atomic E-state index is 0.220. The Labute approximate surface area is 118 Å². The maximum Gasteiger partial charge on any atom is 0.416 e. The fourth-order valence-electron chi connectivity index (χ4n) is 1.84. The molecule has 0 radical (unpaired) electrons. The zero-order chi connectivity index (χ0) is 14.9. The maximum atomic E-state index is 13.7. The van der Waals surface area contributed by atoms with Crippen LogP contribution in [-0.4, -0.2) is 0 Å². The standard InChI is InChI=1S/C14H10ClF4N/c15-10-3-1-2-8(6-10)13(20)11-7-9(14(17,18)19)4-5-12(11)16/h1-7,13H,20H2. The molecule has 1 atom stereocenters. The molecule has 1 unspecified atom stereocenters. The number of nitrogens with two attached hydrogens (primary N) is 1. The highest BCUT2D eigenvalue weighted by Crippen LogP contribution is 2.33. The average Bonchev–Trinajstić information content (AvgIpc) is 2.37. The maximum absolute atomic E-state index is 13.7. The summed E-state index contributed by atoms with van der Waals surface area (Å²) in [5.74, 6) is -0.787. The molecule has 2 N–H and O–H groups in total. The summed E-state index contributed by atoms with van der Waals surface area (Å²) < 4.78 is 51.6. The van der Waals surface area contributed by atoms with E-state index in [2.05, 4.69) is 0 Å². The van der Waals surface area contributed by atoms with E-state index in [-0.39, 0.29) is 5.56 Å². The van der Waals surface area contributed by atoms with E-state index in [0.717, 1.165) is 12.1 Å². The highest BCUT2D eigenvalue weighted by Gasteiger charge is 2.31. The van der Waals surface area contributed by atoms with Gasteiger partial charge in [-0.05, 0) is 35.9 Å². The average molecular weight is 304 g/mol. The van der Waals surface area contributed by atoms with Crippen molar-refractivity contribution in [2.45, 2.75) is 12.2 Å². The highest BCUT2D eigenvalue weighted by molar-refractivity contribution is 6.30. The third kappa shape index (κ3) is 3.11. The van der Waals surface area contributed by atoms with Gasteiger partial charge in [0.2, 0.25) is 0 Å². The van der Waals surface area contributed by atoms with Crippen molar-refractivity contribution in [3.8, 4) is 0 Å². The molecule has 0 aliphatic carbocycles. The van der Waals surface area contributed by atoms with Crippen molar-refractivity contribution in [3.05, 3.63) is 70.0 Å². The lowest BCUT2D eigenvalue weighted by Gasteiger charge is -2.16. The van der Waals surface area contributed by atoms with Crippen molar-refractivity contribution < 1.29 is 17.6 Å². The minimum Gasteiger partial charge on any atom is -0.320 e. The lowest BCUT2D eigenvalue weighted by atomic mass is 9.97. The number of halogens is 5. The lowest BCUT2D eigenvalue weighted by molar-refractivity contribution is -0.137. The van der Waals surface area contributed by atoms with Gasteiger partial charge in [0.15, 0.2) is 0 Å². The normalized spacial score (nSPS) is 13.3. The van der Waals surface area contributed by atoms with Crippen molar-refractivity contribution in [2.75, 3.05) is 0 Å². The van der Waals surface area contributed by atoms with Crippen molar-refractivity contribution in [2.24, 2.45) is 5.73 Å². The Morgan fingerprint density at radius 2 is 1.75 bits per heavy atom. The van der Waals surface area contributed by atoms with Crippen molar-refractivity contribution in [1.29, 1.82) is 0 Å². The third-order valence-corrected chi connectivity index (χ3v) is 3.10. The van der Waals surface area contributed by atoms with E-state index in [9.17, 15) is 17.6 Å². The number of benzene rings is 2. The molecule has 1 nitrogen and oxygen atoms in total. The van der Waals surface area contributed by atoms with Gasteiger partial charge in [-0.15, -0.1) is 0 Å². The first-order valence-corrected chi connectivity index (χ1v) is 6.04. The second-order valence-corrected chi connectivity index (χ2v) is 4.70. The molecule has 0 aliphatic heterocycles. The SMILES string of the molecule is NC(c1cccc(Cl)c1)c1cc(C(F)(F)F)ccc1F. The summed E-state index contributed by atoms with van der Waals surface area (Å²) in [4.78, 5) is 0. The number of hydrogen-bond acceptors (Lipinski definition) is 1. The fraction of sp³-hybridized carbons (Fsp3) is 0.143. The van der Waals surface area contributed by atoms with Crippen molar-refractivity contribution in [1.82, 2.24) is 0 Å². The smallest absolute Gasteiger partial charge is 0.320 e. The Kier molecular flexibility index (Phi) is 4.01. The minimum atomic E-state index is -4.55. The van der Waals surface area contributed by atoms with E-state index < -0.39 is 23.6 Å². The molecular weight excluding hydrogens is 294 g/mol. The van der Waals surface area contributed by atoms with Gasteiger partial charge >= 0.3 is 6.18 Å². The second kappa shape index (κ2) is 5.42. The van der Waals surface area contributed by atoms with Gasteiger partial charge in [-0.25, -0.2) is 4.39 Å². The number of alkyl halides is 3. The molecule has 6 heteroatoms. The van der Waals surface area contributed by atoms with Crippen LogP contribution >= 0.6 is 11.6 Å². The molecule has 2 aromatic rings. The van der Waals surface area contributed by atoms with Gasteiger partial charge in [-0.1, -0.05) is 23.7 Å². The van der Waals surface area contributed by atoms with Crippen molar-refractivity contribution in [3.63, 3.8) is 0 Å². The van der Waals surface area contributed by atoms with Gasteiger partial charge in [0.25, 0.3) is 0 Å². The van der Waals surface area contributed by atoms with Crippen LogP contribution in [0.1, 0.15) is 22.7 Å². The summed E-state index contributed by atoms with van der Waals surface area (Å²) in [6.45, 7) is 0. The van der Waals surface area contributed by atoms with E-state index in [1.54, 1.807) is 18.2 Å². The van der Waals surface area contributed by atoms with Gasteiger partial charge in [-0.2, -0.15) is 13.2 Å². The van der Waals surface area contributed by atoms with Gasteiger partial charge in [0, 0.05) is 10.6 Å². The van der Waals surface area contributed by atoms with Crippen LogP contribution in [0.15, 0.2) is 42.5 Å². The van der Waals surface area contributed by atoms with Gasteiger partial charge in [-0.3, -0.25) is 0 Å². The van der Waals surface area contributed by atoms with Crippen LogP contribution in [-0.2, 0) is 6.18 Å². The quantitative estimate of drug-likeness (QED) is 0.810. The Bertz CT molecular complexity index is 625. The molecule has 0 saturated heterocycles. The highest BCUT2D eigenvalue weighted by atomic mass is 35.5. The fourth-order valence-corrected chi connectivity index (χ4v) is 2.04. The van der Waals surface area contributed by atoms with Crippen LogP contribution in [0.5, 0.6) is 0 Å². The molecule has 2 aromatic carbocycles. The summed E-state index contributed by atoms with van der Waals surface area (Å²) in [6, 6.07) is 7.43. The third-order valence-electron chi connectivity index (χ3n) is 2.87. The molecule has 0 aromatic heterocycles. The molecule has 0 fully saturated rings. The first kappa shape index (κ1) is 14.8. The predicted molar refractivity (Wildman–Crippen MR) is 68.9 cm³/mol. The number of rotatable bonds is 2. The van der Waals surface area contributed by atoms with E-state index in [1.807, 2.05) is 0 Å². The molecule has 0 bridgehead atoms. The number of hydrogen-bond donors (Lipinski definition) is 1. The van der Waals surface area contributed by atoms with E-state index >= 15 is 0 Å². The Morgan fingerprint density at radius 3 is 2.35 bits per heavy atom. The Hall–Kier alpha value is -1.59. The summed E-state index contributed by atoms with van der Waals surface area (Å²) in [5.41, 5.74) is 5.11. The molecule has 2 rings (SSSR count). The topological polar surface area (TPSA) is 26.0 Å². The predicted octanol–water partition coefficient (Wildman–Crippen LogP) is 4.55. The Balaban J connectivity index is 2.46. The molecule has 106 valence electrons. The molecule has 0 saturated carbocycles. The molecular formula is C14H10ClF4N. The molecule has 0 spiro atoms.